The third-order valence-corrected chi connectivity index (χ3v) is 6.31. The molecule has 2 aliphatic rings. The maximum absolute atomic E-state index is 9.78. The first-order valence-corrected chi connectivity index (χ1v) is 10.00. The lowest BCUT2D eigenvalue weighted by atomic mass is 9.76. The van der Waals surface area contributed by atoms with Gasteiger partial charge in [-0.05, 0) is 29.5 Å². The van der Waals surface area contributed by atoms with E-state index in [2.05, 4.69) is 96.3 Å². The Kier molecular flexibility index (Phi) is 4.31. The van der Waals surface area contributed by atoms with Gasteiger partial charge in [-0.2, -0.15) is 0 Å². The molecule has 0 radical (unpaired) electrons. The topological polar surface area (TPSA) is 44.8 Å². The number of benzene rings is 3. The van der Waals surface area contributed by atoms with E-state index in [0.717, 1.165) is 12.8 Å². The Morgan fingerprint density at radius 3 is 1.68 bits per heavy atom. The van der Waals surface area contributed by atoms with E-state index in [-0.39, 0.29) is 24.4 Å². The normalized spacial score (nSPS) is 26.0. The first-order valence-electron chi connectivity index (χ1n) is 10.00. The van der Waals surface area contributed by atoms with Crippen LogP contribution in [0.2, 0.25) is 0 Å². The number of nitrogens with one attached hydrogen (secondary N) is 1. The molecule has 0 spiro atoms. The fourth-order valence-electron chi connectivity index (χ4n) is 4.88. The lowest BCUT2D eigenvalue weighted by Gasteiger charge is -2.40. The molecule has 0 aromatic heterocycles. The van der Waals surface area contributed by atoms with Crippen LogP contribution in [0.25, 0.3) is 0 Å². The van der Waals surface area contributed by atoms with Crippen molar-refractivity contribution in [2.45, 2.75) is 36.1 Å². The molecular formula is C25H25NO2. The Labute approximate surface area is 166 Å². The van der Waals surface area contributed by atoms with Crippen LogP contribution in [0, 0.1) is 0 Å². The molecule has 0 bridgehead atoms. The molecule has 142 valence electrons. The Bertz CT molecular complexity index is 828. The predicted molar refractivity (Wildman–Crippen MR) is 110 cm³/mol. The summed E-state index contributed by atoms with van der Waals surface area (Å²) in [5, 5.41) is 13.8. The standard InChI is InChI=1S/C25H25NO2/c27-18-24-17-22(16-23(24)28-24)26-25(19-10-4-1-5-11-19,20-12-6-2-7-13-20)21-14-8-3-9-15-21/h1-15,22-23,26-27H,16-18H2/t22-,23+,24-/m0/s1. The summed E-state index contributed by atoms with van der Waals surface area (Å²) in [5.41, 5.74) is 2.86. The smallest absolute Gasteiger partial charge is 0.119 e. The van der Waals surface area contributed by atoms with Crippen LogP contribution < -0.4 is 5.32 Å². The minimum Gasteiger partial charge on any atom is -0.393 e. The summed E-state index contributed by atoms with van der Waals surface area (Å²) in [6.45, 7) is 0.102. The highest BCUT2D eigenvalue weighted by Crippen LogP contribution is 2.51. The number of ether oxygens (including phenoxy) is 1. The maximum Gasteiger partial charge on any atom is 0.119 e. The van der Waals surface area contributed by atoms with Gasteiger partial charge in [-0.15, -0.1) is 0 Å². The van der Waals surface area contributed by atoms with Crippen molar-refractivity contribution in [1.82, 2.24) is 5.32 Å². The van der Waals surface area contributed by atoms with Crippen LogP contribution in [-0.4, -0.2) is 29.5 Å². The number of hydrogen-bond donors (Lipinski definition) is 2. The van der Waals surface area contributed by atoms with Crippen LogP contribution in [0.5, 0.6) is 0 Å². The Morgan fingerprint density at radius 2 is 1.29 bits per heavy atom. The molecule has 2 fully saturated rings. The van der Waals surface area contributed by atoms with Gasteiger partial charge in [0, 0.05) is 6.04 Å². The molecule has 2 N–H and O–H groups in total. The van der Waals surface area contributed by atoms with E-state index in [1.165, 1.54) is 16.7 Å². The minimum atomic E-state index is -0.456. The molecule has 1 aliphatic carbocycles. The zero-order chi connectivity index (χ0) is 19.0. The van der Waals surface area contributed by atoms with Crippen molar-refractivity contribution in [3.05, 3.63) is 108 Å². The van der Waals surface area contributed by atoms with Crippen molar-refractivity contribution < 1.29 is 9.84 Å². The Balaban J connectivity index is 1.65. The second-order valence-corrected chi connectivity index (χ2v) is 7.96. The van der Waals surface area contributed by atoms with Crippen molar-refractivity contribution in [3.8, 4) is 0 Å². The molecule has 1 heterocycles. The van der Waals surface area contributed by atoms with Crippen molar-refractivity contribution in [2.75, 3.05) is 6.61 Å². The molecule has 1 saturated carbocycles. The SMILES string of the molecule is OC[C@@]12C[C@@H](NC(c3ccccc3)(c3ccccc3)c3ccccc3)C[C@H]1O2. The first kappa shape index (κ1) is 17.6. The minimum absolute atomic E-state index is 0.102. The lowest BCUT2D eigenvalue weighted by molar-refractivity contribution is 0.140. The van der Waals surface area contributed by atoms with Gasteiger partial charge in [-0.25, -0.2) is 0 Å². The van der Waals surface area contributed by atoms with E-state index < -0.39 is 5.54 Å². The zero-order valence-electron chi connectivity index (χ0n) is 15.8. The van der Waals surface area contributed by atoms with Crippen molar-refractivity contribution >= 4 is 0 Å². The fourth-order valence-corrected chi connectivity index (χ4v) is 4.88. The average molecular weight is 371 g/mol. The quantitative estimate of drug-likeness (QED) is 0.511. The summed E-state index contributed by atoms with van der Waals surface area (Å²) < 4.78 is 5.76. The number of epoxide rings is 1. The number of hydrogen-bond acceptors (Lipinski definition) is 3. The van der Waals surface area contributed by atoms with E-state index in [1.807, 2.05) is 0 Å². The van der Waals surface area contributed by atoms with E-state index in [1.54, 1.807) is 0 Å². The van der Waals surface area contributed by atoms with Crippen LogP contribution in [0.15, 0.2) is 91.0 Å². The molecule has 3 heteroatoms. The highest BCUT2D eigenvalue weighted by atomic mass is 16.6. The second kappa shape index (κ2) is 6.85. The van der Waals surface area contributed by atoms with Gasteiger partial charge in [0.05, 0.1) is 18.2 Å². The van der Waals surface area contributed by atoms with Crippen LogP contribution in [0.3, 0.4) is 0 Å². The average Bonchev–Trinajstić information content (AvgIpc) is 3.34. The van der Waals surface area contributed by atoms with E-state index in [0.29, 0.717) is 0 Å². The van der Waals surface area contributed by atoms with Crippen LogP contribution in [0.1, 0.15) is 29.5 Å². The molecule has 1 aliphatic heterocycles. The molecule has 3 aromatic rings. The van der Waals surface area contributed by atoms with Gasteiger partial charge in [-0.1, -0.05) is 91.0 Å². The maximum atomic E-state index is 9.78. The summed E-state index contributed by atoms with van der Waals surface area (Å²) in [5.74, 6) is 0. The van der Waals surface area contributed by atoms with Crippen molar-refractivity contribution in [1.29, 1.82) is 0 Å². The van der Waals surface area contributed by atoms with E-state index in [9.17, 15) is 5.11 Å². The molecule has 28 heavy (non-hydrogen) atoms. The van der Waals surface area contributed by atoms with E-state index >= 15 is 0 Å². The summed E-state index contributed by atoms with van der Waals surface area (Å²) >= 11 is 0. The summed E-state index contributed by atoms with van der Waals surface area (Å²) in [4.78, 5) is 0. The fraction of sp³-hybridized carbons (Fsp3) is 0.280. The first-order chi connectivity index (χ1) is 13.8. The van der Waals surface area contributed by atoms with Gasteiger partial charge in [-0.3, -0.25) is 5.32 Å². The summed E-state index contributed by atoms with van der Waals surface area (Å²) in [6.07, 6.45) is 1.94. The summed E-state index contributed by atoms with van der Waals surface area (Å²) in [7, 11) is 0. The van der Waals surface area contributed by atoms with Gasteiger partial charge in [0.25, 0.3) is 0 Å². The van der Waals surface area contributed by atoms with Gasteiger partial charge < -0.3 is 9.84 Å². The molecule has 3 aromatic carbocycles. The largest absolute Gasteiger partial charge is 0.393 e. The molecule has 3 nitrogen and oxygen atoms in total. The van der Waals surface area contributed by atoms with Crippen LogP contribution in [-0.2, 0) is 10.3 Å². The van der Waals surface area contributed by atoms with Crippen LogP contribution in [0.4, 0.5) is 0 Å². The third-order valence-electron chi connectivity index (χ3n) is 6.31. The lowest BCUT2D eigenvalue weighted by Crippen LogP contribution is -2.50. The Hall–Kier alpha value is -2.46. The van der Waals surface area contributed by atoms with Gasteiger partial charge in [0.2, 0.25) is 0 Å². The monoisotopic (exact) mass is 371 g/mol. The number of rotatable bonds is 6. The van der Waals surface area contributed by atoms with Crippen molar-refractivity contribution in [3.63, 3.8) is 0 Å². The Morgan fingerprint density at radius 1 is 0.821 bits per heavy atom. The molecule has 1 saturated heterocycles. The van der Waals surface area contributed by atoms with Gasteiger partial charge in [0.15, 0.2) is 0 Å². The summed E-state index contributed by atoms with van der Waals surface area (Å²) in [6, 6.07) is 32.2. The highest BCUT2D eigenvalue weighted by molar-refractivity contribution is 5.49. The molecular weight excluding hydrogens is 346 g/mol. The number of aliphatic hydroxyl groups is 1. The highest BCUT2D eigenvalue weighted by Gasteiger charge is 2.63. The van der Waals surface area contributed by atoms with Gasteiger partial charge in [0.1, 0.15) is 5.60 Å². The zero-order valence-corrected chi connectivity index (χ0v) is 15.8. The van der Waals surface area contributed by atoms with Gasteiger partial charge >= 0.3 is 0 Å². The van der Waals surface area contributed by atoms with E-state index in [4.69, 9.17) is 4.74 Å². The predicted octanol–water partition coefficient (Wildman–Crippen LogP) is 3.86. The molecule has 5 rings (SSSR count). The second-order valence-electron chi connectivity index (χ2n) is 7.96. The molecule has 0 unspecified atom stereocenters. The van der Waals surface area contributed by atoms with Crippen LogP contribution >= 0.6 is 0 Å². The number of fused-ring (bicyclic) bond motifs is 1. The molecule has 0 amide bonds. The number of aliphatic hydroxyl groups excluding tert-OH is 1. The third kappa shape index (κ3) is 2.78. The van der Waals surface area contributed by atoms with Crippen molar-refractivity contribution in [2.24, 2.45) is 0 Å². The molecule has 3 atom stereocenters.